The fourth-order valence-electron chi connectivity index (χ4n) is 1.05. The lowest BCUT2D eigenvalue weighted by Gasteiger charge is -2.06. The smallest absolute Gasteiger partial charge is 0.225 e. The summed E-state index contributed by atoms with van der Waals surface area (Å²) in [7, 11) is 1.38. The highest BCUT2D eigenvalue weighted by Crippen LogP contribution is 2.20. The Morgan fingerprint density at radius 3 is 2.87 bits per heavy atom. The summed E-state index contributed by atoms with van der Waals surface area (Å²) in [5.41, 5.74) is 0.392. The van der Waals surface area contributed by atoms with Crippen molar-refractivity contribution in [2.75, 3.05) is 18.3 Å². The zero-order valence-corrected chi connectivity index (χ0v) is 8.97. The van der Waals surface area contributed by atoms with Crippen molar-refractivity contribution in [1.82, 2.24) is 0 Å². The summed E-state index contributed by atoms with van der Waals surface area (Å²) in [5.74, 6) is -0.370. The van der Waals surface area contributed by atoms with Crippen LogP contribution in [0.25, 0.3) is 0 Å². The molecule has 0 aliphatic heterocycles. The Morgan fingerprint density at radius 1 is 1.60 bits per heavy atom. The van der Waals surface area contributed by atoms with Crippen molar-refractivity contribution in [3.05, 3.63) is 24.0 Å². The topological polar surface area (TPSA) is 38.3 Å². The molecule has 1 aromatic carbocycles. The molecule has 0 heterocycles. The zero-order chi connectivity index (χ0) is 11.3. The van der Waals surface area contributed by atoms with Crippen molar-refractivity contribution in [3.63, 3.8) is 0 Å². The van der Waals surface area contributed by atoms with Gasteiger partial charge in [0.2, 0.25) is 5.91 Å². The number of carbonyl (C=O) groups excluding carboxylic acids is 1. The summed E-state index contributed by atoms with van der Waals surface area (Å²) < 4.78 is 17.9. The molecule has 0 aliphatic rings. The maximum absolute atomic E-state index is 13.2. The Kier molecular flexibility index (Phi) is 4.37. The summed E-state index contributed by atoms with van der Waals surface area (Å²) in [6.07, 6.45) is 0.204. The molecule has 0 saturated heterocycles. The maximum atomic E-state index is 13.2. The Balaban J connectivity index is 2.71. The van der Waals surface area contributed by atoms with Gasteiger partial charge in [0.05, 0.1) is 7.11 Å². The number of rotatable bonds is 4. The van der Waals surface area contributed by atoms with Crippen molar-refractivity contribution >= 4 is 23.2 Å². The Morgan fingerprint density at radius 2 is 2.33 bits per heavy atom. The SMILES string of the molecule is COc1ccc(NC(=O)CCCl)cc1F. The Hall–Kier alpha value is -1.29. The van der Waals surface area contributed by atoms with E-state index in [-0.39, 0.29) is 24.0 Å². The Labute approximate surface area is 92.2 Å². The van der Waals surface area contributed by atoms with Gasteiger partial charge in [0.1, 0.15) is 0 Å². The lowest BCUT2D eigenvalue weighted by atomic mass is 10.3. The van der Waals surface area contributed by atoms with Crippen LogP contribution in [0, 0.1) is 5.82 Å². The number of nitrogens with one attached hydrogen (secondary N) is 1. The van der Waals surface area contributed by atoms with Crippen LogP contribution in [0.2, 0.25) is 0 Å². The van der Waals surface area contributed by atoms with E-state index in [4.69, 9.17) is 16.3 Å². The van der Waals surface area contributed by atoms with Crippen LogP contribution in [0.5, 0.6) is 5.75 Å². The number of ether oxygens (including phenoxy) is 1. The second-order valence-corrected chi connectivity index (χ2v) is 3.21. The predicted octanol–water partition coefficient (Wildman–Crippen LogP) is 2.40. The van der Waals surface area contributed by atoms with Crippen LogP contribution < -0.4 is 10.1 Å². The number of benzene rings is 1. The molecule has 0 aliphatic carbocycles. The van der Waals surface area contributed by atoms with E-state index < -0.39 is 5.82 Å². The maximum Gasteiger partial charge on any atom is 0.225 e. The van der Waals surface area contributed by atoms with E-state index in [0.29, 0.717) is 5.69 Å². The molecule has 0 atom stereocenters. The van der Waals surface area contributed by atoms with Gasteiger partial charge in [-0.2, -0.15) is 0 Å². The van der Waals surface area contributed by atoms with E-state index in [2.05, 4.69) is 5.32 Å². The first-order valence-corrected chi connectivity index (χ1v) is 4.90. The number of hydrogen-bond donors (Lipinski definition) is 1. The van der Waals surface area contributed by atoms with Crippen molar-refractivity contribution in [3.8, 4) is 5.75 Å². The van der Waals surface area contributed by atoms with Gasteiger partial charge >= 0.3 is 0 Å². The monoisotopic (exact) mass is 231 g/mol. The van der Waals surface area contributed by atoms with E-state index >= 15 is 0 Å². The summed E-state index contributed by atoms with van der Waals surface area (Å²) in [6, 6.07) is 4.21. The zero-order valence-electron chi connectivity index (χ0n) is 8.22. The van der Waals surface area contributed by atoms with Gasteiger partial charge in [-0.1, -0.05) is 0 Å². The van der Waals surface area contributed by atoms with Gasteiger partial charge in [0.15, 0.2) is 11.6 Å². The number of halogens is 2. The highest BCUT2D eigenvalue weighted by molar-refractivity contribution is 6.19. The number of hydrogen-bond acceptors (Lipinski definition) is 2. The van der Waals surface area contributed by atoms with E-state index in [1.807, 2.05) is 0 Å². The lowest BCUT2D eigenvalue weighted by Crippen LogP contribution is -2.11. The van der Waals surface area contributed by atoms with Crippen molar-refractivity contribution < 1.29 is 13.9 Å². The van der Waals surface area contributed by atoms with Gasteiger partial charge in [-0.15, -0.1) is 11.6 Å². The largest absolute Gasteiger partial charge is 0.494 e. The second kappa shape index (κ2) is 5.56. The average molecular weight is 232 g/mol. The number of anilines is 1. The van der Waals surface area contributed by atoms with Gasteiger partial charge < -0.3 is 10.1 Å². The van der Waals surface area contributed by atoms with Gasteiger partial charge in [-0.25, -0.2) is 4.39 Å². The molecule has 0 unspecified atom stereocenters. The van der Waals surface area contributed by atoms with Crippen molar-refractivity contribution in [1.29, 1.82) is 0 Å². The minimum absolute atomic E-state index is 0.144. The molecule has 0 aromatic heterocycles. The molecular weight excluding hydrogens is 221 g/mol. The third-order valence-corrected chi connectivity index (χ3v) is 1.95. The molecule has 82 valence electrons. The fourth-order valence-corrected chi connectivity index (χ4v) is 1.23. The number of amides is 1. The molecule has 0 saturated carbocycles. The van der Waals surface area contributed by atoms with Crippen LogP contribution in [0.15, 0.2) is 18.2 Å². The van der Waals surface area contributed by atoms with E-state index in [1.165, 1.54) is 19.2 Å². The summed E-state index contributed by atoms with van der Waals surface area (Å²) >= 11 is 5.39. The van der Waals surface area contributed by atoms with E-state index in [9.17, 15) is 9.18 Å². The highest BCUT2D eigenvalue weighted by atomic mass is 35.5. The van der Waals surface area contributed by atoms with E-state index in [0.717, 1.165) is 0 Å². The summed E-state index contributed by atoms with van der Waals surface area (Å²) in [5, 5.41) is 2.52. The number of alkyl halides is 1. The molecule has 1 aromatic rings. The molecule has 3 nitrogen and oxygen atoms in total. The van der Waals surface area contributed by atoms with Gasteiger partial charge in [0, 0.05) is 24.1 Å². The molecule has 15 heavy (non-hydrogen) atoms. The van der Waals surface area contributed by atoms with Gasteiger partial charge in [0.25, 0.3) is 0 Å². The van der Waals surface area contributed by atoms with E-state index in [1.54, 1.807) is 6.07 Å². The predicted molar refractivity (Wildman–Crippen MR) is 56.9 cm³/mol. The molecule has 1 amide bonds. The quantitative estimate of drug-likeness (QED) is 0.809. The molecule has 0 bridgehead atoms. The van der Waals surface area contributed by atoms with Gasteiger partial charge in [-0.3, -0.25) is 4.79 Å². The minimum Gasteiger partial charge on any atom is -0.494 e. The molecule has 1 N–H and O–H groups in total. The highest BCUT2D eigenvalue weighted by Gasteiger charge is 2.05. The number of carbonyl (C=O) groups is 1. The normalized spacial score (nSPS) is 9.80. The molecule has 0 spiro atoms. The molecular formula is C10H11ClFNO2. The molecule has 0 radical (unpaired) electrons. The minimum atomic E-state index is -0.513. The van der Waals surface area contributed by atoms with Crippen LogP contribution in [-0.4, -0.2) is 18.9 Å². The van der Waals surface area contributed by atoms with Crippen LogP contribution in [-0.2, 0) is 4.79 Å². The second-order valence-electron chi connectivity index (χ2n) is 2.84. The molecule has 5 heteroatoms. The lowest BCUT2D eigenvalue weighted by molar-refractivity contribution is -0.115. The van der Waals surface area contributed by atoms with Crippen LogP contribution in [0.3, 0.4) is 0 Å². The Bertz CT molecular complexity index is 357. The summed E-state index contributed by atoms with van der Waals surface area (Å²) in [4.78, 5) is 11.1. The first kappa shape index (κ1) is 11.8. The van der Waals surface area contributed by atoms with Crippen LogP contribution in [0.1, 0.15) is 6.42 Å². The van der Waals surface area contributed by atoms with Crippen LogP contribution >= 0.6 is 11.6 Å². The van der Waals surface area contributed by atoms with Crippen LogP contribution in [0.4, 0.5) is 10.1 Å². The standard InChI is InChI=1S/C10H11ClFNO2/c1-15-9-3-2-7(6-8(9)12)13-10(14)4-5-11/h2-3,6H,4-5H2,1H3,(H,13,14). The first-order valence-electron chi connectivity index (χ1n) is 4.36. The fraction of sp³-hybridized carbons (Fsp3) is 0.300. The third-order valence-electron chi connectivity index (χ3n) is 1.76. The third kappa shape index (κ3) is 3.40. The van der Waals surface area contributed by atoms with Crippen molar-refractivity contribution in [2.24, 2.45) is 0 Å². The average Bonchev–Trinajstić information content (AvgIpc) is 2.18. The molecule has 1 rings (SSSR count). The molecule has 0 fully saturated rings. The van der Waals surface area contributed by atoms with Gasteiger partial charge in [-0.05, 0) is 12.1 Å². The number of methoxy groups -OCH3 is 1. The van der Waals surface area contributed by atoms with Crippen molar-refractivity contribution in [2.45, 2.75) is 6.42 Å². The first-order chi connectivity index (χ1) is 7.17. The summed E-state index contributed by atoms with van der Waals surface area (Å²) in [6.45, 7) is 0.